The molecule has 1 aromatic heterocycles. The number of aliphatic hydroxyl groups is 1. The molecule has 2 saturated heterocycles. The van der Waals surface area contributed by atoms with E-state index < -0.39 is 0 Å². The Balaban J connectivity index is 1.79. The van der Waals surface area contributed by atoms with Crippen LogP contribution in [-0.2, 0) is 0 Å². The number of carbonyl (C=O) groups is 1. The van der Waals surface area contributed by atoms with Gasteiger partial charge in [0.15, 0.2) is 0 Å². The van der Waals surface area contributed by atoms with Gasteiger partial charge in [0.05, 0.1) is 12.6 Å². The minimum Gasteiger partial charge on any atom is -0.394 e. The topological polar surface area (TPSA) is 57.5 Å². The van der Waals surface area contributed by atoms with E-state index in [2.05, 4.69) is 9.88 Å². The Labute approximate surface area is 119 Å². The molecule has 110 valence electrons. The second-order valence-electron chi connectivity index (χ2n) is 5.76. The minimum atomic E-state index is -0.00104. The average Bonchev–Trinajstić information content (AvgIpc) is 3.16. The zero-order valence-electron chi connectivity index (χ0n) is 11.8. The molecule has 0 saturated carbocycles. The van der Waals surface area contributed by atoms with E-state index in [1.54, 1.807) is 0 Å². The molecule has 1 amide bonds. The summed E-state index contributed by atoms with van der Waals surface area (Å²) in [5.74, 6) is 0.0742. The molecule has 2 N–H and O–H groups in total. The highest BCUT2D eigenvalue weighted by molar-refractivity contribution is 5.93. The monoisotopic (exact) mass is 277 g/mol. The average molecular weight is 277 g/mol. The predicted octanol–water partition coefficient (Wildman–Crippen LogP) is 1.01. The van der Waals surface area contributed by atoms with Gasteiger partial charge >= 0.3 is 0 Å². The second-order valence-corrected chi connectivity index (χ2v) is 5.76. The van der Waals surface area contributed by atoms with Gasteiger partial charge < -0.3 is 19.9 Å². The summed E-state index contributed by atoms with van der Waals surface area (Å²) in [4.78, 5) is 14.6. The molecule has 3 rings (SSSR count). The molecule has 0 bridgehead atoms. The van der Waals surface area contributed by atoms with Crippen LogP contribution < -0.4 is 5.32 Å². The van der Waals surface area contributed by atoms with Crippen molar-refractivity contribution in [2.24, 2.45) is 0 Å². The number of hydrogen-bond acceptors (Lipinski definition) is 3. The van der Waals surface area contributed by atoms with Crippen molar-refractivity contribution < 1.29 is 9.90 Å². The number of likely N-dealkylation sites (tertiary alicyclic amines) is 1. The van der Waals surface area contributed by atoms with E-state index in [1.807, 2.05) is 23.2 Å². The van der Waals surface area contributed by atoms with Crippen molar-refractivity contribution in [2.75, 3.05) is 26.2 Å². The number of aliphatic hydroxyl groups excluding tert-OH is 1. The number of nitrogens with zero attached hydrogens (tertiary/aromatic N) is 2. The SMILES string of the molecule is O=C(c1cccn1C1CCNCC1)N1CCC[C@@H]1CO. The van der Waals surface area contributed by atoms with Crippen LogP contribution >= 0.6 is 0 Å². The Morgan fingerprint density at radius 1 is 1.35 bits per heavy atom. The number of piperidine rings is 1. The molecule has 1 aromatic rings. The molecule has 5 heteroatoms. The van der Waals surface area contributed by atoms with E-state index in [0.29, 0.717) is 6.04 Å². The van der Waals surface area contributed by atoms with Gasteiger partial charge in [0, 0.05) is 18.8 Å². The van der Waals surface area contributed by atoms with Crippen LogP contribution in [0.1, 0.15) is 42.2 Å². The number of hydrogen-bond donors (Lipinski definition) is 2. The number of amides is 1. The predicted molar refractivity (Wildman–Crippen MR) is 76.7 cm³/mol. The van der Waals surface area contributed by atoms with Crippen molar-refractivity contribution in [3.05, 3.63) is 24.0 Å². The van der Waals surface area contributed by atoms with Crippen LogP contribution in [0.2, 0.25) is 0 Å². The number of aromatic nitrogens is 1. The molecule has 0 radical (unpaired) electrons. The summed E-state index contributed by atoms with van der Waals surface area (Å²) in [5, 5.41) is 12.7. The molecular formula is C15H23N3O2. The lowest BCUT2D eigenvalue weighted by molar-refractivity contribution is 0.0663. The first-order valence-electron chi connectivity index (χ1n) is 7.60. The van der Waals surface area contributed by atoms with Gasteiger partial charge in [-0.2, -0.15) is 0 Å². The summed E-state index contributed by atoms with van der Waals surface area (Å²) in [6.07, 6.45) is 6.06. The molecule has 20 heavy (non-hydrogen) atoms. The lowest BCUT2D eigenvalue weighted by atomic mass is 10.1. The standard InChI is InChI=1S/C15H23N3O2/c19-11-13-3-1-10-18(13)15(20)14-4-2-9-17(14)12-5-7-16-8-6-12/h2,4,9,12-13,16,19H,1,3,5-8,10-11H2/t13-/m1/s1. The molecular weight excluding hydrogens is 254 g/mol. The second kappa shape index (κ2) is 5.97. The summed E-state index contributed by atoms with van der Waals surface area (Å²) < 4.78 is 2.13. The zero-order chi connectivity index (χ0) is 13.9. The summed E-state index contributed by atoms with van der Waals surface area (Å²) in [6.45, 7) is 2.86. The van der Waals surface area contributed by atoms with Crippen molar-refractivity contribution >= 4 is 5.91 Å². The molecule has 2 aliphatic heterocycles. The van der Waals surface area contributed by atoms with Crippen LogP contribution in [0, 0.1) is 0 Å². The van der Waals surface area contributed by atoms with Gasteiger partial charge in [-0.15, -0.1) is 0 Å². The van der Waals surface area contributed by atoms with Gasteiger partial charge in [0.25, 0.3) is 5.91 Å². The van der Waals surface area contributed by atoms with Gasteiger partial charge in [-0.25, -0.2) is 0 Å². The maximum atomic E-state index is 12.7. The van der Waals surface area contributed by atoms with Crippen molar-refractivity contribution in [1.82, 2.24) is 14.8 Å². The van der Waals surface area contributed by atoms with E-state index >= 15 is 0 Å². The van der Waals surface area contributed by atoms with E-state index in [0.717, 1.165) is 51.0 Å². The Bertz CT molecular complexity index is 465. The Morgan fingerprint density at radius 2 is 2.15 bits per heavy atom. The molecule has 2 fully saturated rings. The maximum absolute atomic E-state index is 12.7. The van der Waals surface area contributed by atoms with E-state index in [4.69, 9.17) is 0 Å². The van der Waals surface area contributed by atoms with Crippen LogP contribution in [0.15, 0.2) is 18.3 Å². The zero-order valence-corrected chi connectivity index (χ0v) is 11.8. The van der Waals surface area contributed by atoms with Gasteiger partial charge in [0.2, 0.25) is 0 Å². The first-order valence-corrected chi connectivity index (χ1v) is 7.60. The summed E-state index contributed by atoms with van der Waals surface area (Å²) in [7, 11) is 0. The van der Waals surface area contributed by atoms with Crippen LogP contribution in [0.25, 0.3) is 0 Å². The minimum absolute atomic E-state index is 0.00104. The number of nitrogens with one attached hydrogen (secondary N) is 1. The largest absolute Gasteiger partial charge is 0.394 e. The summed E-state index contributed by atoms with van der Waals surface area (Å²) in [5.41, 5.74) is 0.775. The lowest BCUT2D eigenvalue weighted by Gasteiger charge is -2.28. The van der Waals surface area contributed by atoms with Crippen LogP contribution in [-0.4, -0.2) is 52.8 Å². The van der Waals surface area contributed by atoms with Gasteiger partial charge in [-0.1, -0.05) is 0 Å². The third kappa shape index (κ3) is 2.47. The molecule has 1 atom stereocenters. The Kier molecular flexibility index (Phi) is 4.08. The third-order valence-electron chi connectivity index (χ3n) is 4.55. The highest BCUT2D eigenvalue weighted by atomic mass is 16.3. The van der Waals surface area contributed by atoms with Crippen molar-refractivity contribution in [3.8, 4) is 0 Å². The van der Waals surface area contributed by atoms with Crippen LogP contribution in [0.5, 0.6) is 0 Å². The van der Waals surface area contributed by atoms with E-state index in [9.17, 15) is 9.90 Å². The fourth-order valence-corrected chi connectivity index (χ4v) is 3.42. The first-order chi connectivity index (χ1) is 9.81. The fourth-order valence-electron chi connectivity index (χ4n) is 3.42. The molecule has 5 nitrogen and oxygen atoms in total. The highest BCUT2D eigenvalue weighted by Gasteiger charge is 2.31. The molecule has 0 aromatic carbocycles. The lowest BCUT2D eigenvalue weighted by Crippen LogP contribution is -2.39. The maximum Gasteiger partial charge on any atom is 0.270 e. The first kappa shape index (κ1) is 13.6. The fraction of sp³-hybridized carbons (Fsp3) is 0.667. The molecule has 3 heterocycles. The third-order valence-corrected chi connectivity index (χ3v) is 4.55. The van der Waals surface area contributed by atoms with E-state index in [1.165, 1.54) is 0 Å². The van der Waals surface area contributed by atoms with Crippen molar-refractivity contribution in [2.45, 2.75) is 37.8 Å². The summed E-state index contributed by atoms with van der Waals surface area (Å²) in [6, 6.07) is 4.29. The van der Waals surface area contributed by atoms with Crippen LogP contribution in [0.3, 0.4) is 0 Å². The quantitative estimate of drug-likeness (QED) is 0.867. The van der Waals surface area contributed by atoms with Crippen LogP contribution in [0.4, 0.5) is 0 Å². The van der Waals surface area contributed by atoms with Gasteiger partial charge in [0.1, 0.15) is 5.69 Å². The molecule has 2 aliphatic rings. The smallest absolute Gasteiger partial charge is 0.270 e. The van der Waals surface area contributed by atoms with Crippen molar-refractivity contribution in [3.63, 3.8) is 0 Å². The number of carbonyl (C=O) groups excluding carboxylic acids is 1. The van der Waals surface area contributed by atoms with Gasteiger partial charge in [-0.3, -0.25) is 4.79 Å². The van der Waals surface area contributed by atoms with Crippen molar-refractivity contribution in [1.29, 1.82) is 0 Å². The normalized spacial score (nSPS) is 24.2. The Morgan fingerprint density at radius 3 is 2.90 bits per heavy atom. The molecule has 0 spiro atoms. The molecule has 0 aliphatic carbocycles. The highest BCUT2D eigenvalue weighted by Crippen LogP contribution is 2.25. The Hall–Kier alpha value is -1.33. The van der Waals surface area contributed by atoms with Gasteiger partial charge in [-0.05, 0) is 50.9 Å². The summed E-state index contributed by atoms with van der Waals surface area (Å²) >= 11 is 0. The van der Waals surface area contributed by atoms with E-state index in [-0.39, 0.29) is 18.6 Å². The molecule has 0 unspecified atom stereocenters. The number of rotatable bonds is 3.